The van der Waals surface area contributed by atoms with Gasteiger partial charge in [-0.25, -0.2) is 4.98 Å². The highest BCUT2D eigenvalue weighted by Gasteiger charge is 2.51. The topological polar surface area (TPSA) is 73.3 Å². The zero-order valence-electron chi connectivity index (χ0n) is 15.2. The number of hydrogen-bond acceptors (Lipinski definition) is 5. The zero-order chi connectivity index (χ0) is 18.2. The monoisotopic (exact) mass is 339 g/mol. The van der Waals surface area contributed by atoms with E-state index >= 15 is 0 Å². The fourth-order valence-corrected chi connectivity index (χ4v) is 2.45. The van der Waals surface area contributed by atoms with Crippen molar-refractivity contribution >= 4 is 24.3 Å². The van der Waals surface area contributed by atoms with Crippen molar-refractivity contribution in [3.8, 4) is 0 Å². The van der Waals surface area contributed by atoms with Crippen LogP contribution in [-0.2, 0) is 9.31 Å². The number of hydrogen-bond donors (Lipinski definition) is 1. The predicted molar refractivity (Wildman–Crippen MR) is 96.9 cm³/mol. The average molecular weight is 339 g/mol. The van der Waals surface area contributed by atoms with Gasteiger partial charge in [0.25, 0.3) is 5.91 Å². The van der Waals surface area contributed by atoms with Crippen molar-refractivity contribution in [3.05, 3.63) is 47.9 Å². The molecule has 1 aliphatic rings. The van der Waals surface area contributed by atoms with Crippen molar-refractivity contribution in [3.63, 3.8) is 0 Å². The third-order valence-electron chi connectivity index (χ3n) is 4.67. The summed E-state index contributed by atoms with van der Waals surface area (Å²) < 4.78 is 12.0. The summed E-state index contributed by atoms with van der Waals surface area (Å²) in [5, 5.41) is 2.74. The molecule has 0 saturated carbocycles. The first-order chi connectivity index (χ1) is 11.7. The Kier molecular flexibility index (Phi) is 4.39. The van der Waals surface area contributed by atoms with Gasteiger partial charge in [-0.15, -0.1) is 0 Å². The summed E-state index contributed by atoms with van der Waals surface area (Å²) in [6.45, 7) is 9.86. The molecule has 0 atom stereocenters. The lowest BCUT2D eigenvalue weighted by Gasteiger charge is -2.32. The van der Waals surface area contributed by atoms with Crippen LogP contribution in [0.3, 0.4) is 0 Å². The molecule has 0 aliphatic carbocycles. The Labute approximate surface area is 148 Å². The second-order valence-corrected chi connectivity index (χ2v) is 7.18. The first kappa shape index (κ1) is 17.6. The first-order valence-electron chi connectivity index (χ1n) is 8.24. The molecule has 1 amide bonds. The number of amides is 1. The van der Waals surface area contributed by atoms with Gasteiger partial charge in [-0.1, -0.05) is 12.1 Å². The number of nitrogens with one attached hydrogen (secondary N) is 1. The number of anilines is 1. The molecule has 6 nitrogen and oxygen atoms in total. The molecule has 0 unspecified atom stereocenters. The van der Waals surface area contributed by atoms with Crippen molar-refractivity contribution < 1.29 is 14.1 Å². The maximum Gasteiger partial charge on any atom is 0.496 e. The molecule has 0 bridgehead atoms. The van der Waals surface area contributed by atoms with Crippen molar-refractivity contribution in [2.45, 2.75) is 45.8 Å². The largest absolute Gasteiger partial charge is 0.496 e. The van der Waals surface area contributed by atoms with Crippen LogP contribution in [0, 0.1) is 6.92 Å². The van der Waals surface area contributed by atoms with E-state index in [9.17, 15) is 4.79 Å². The SMILES string of the molecule is Cc1cccc(NC(=O)c2ccc(B3OC(C)(C)C(C)(C)O3)cn2)n1. The molecule has 3 heterocycles. The first-order valence-corrected chi connectivity index (χ1v) is 8.24. The Morgan fingerprint density at radius 2 is 1.76 bits per heavy atom. The maximum absolute atomic E-state index is 12.3. The molecule has 0 spiro atoms. The molecule has 3 rings (SSSR count). The Balaban J connectivity index is 1.71. The fourth-order valence-electron chi connectivity index (χ4n) is 2.45. The number of rotatable bonds is 3. The van der Waals surface area contributed by atoms with Crippen molar-refractivity contribution in [2.75, 3.05) is 5.32 Å². The smallest absolute Gasteiger partial charge is 0.399 e. The molecule has 130 valence electrons. The Hall–Kier alpha value is -2.25. The molecule has 1 N–H and O–H groups in total. The van der Waals surface area contributed by atoms with Gasteiger partial charge in [0.05, 0.1) is 11.2 Å². The van der Waals surface area contributed by atoms with Crippen LogP contribution in [0.15, 0.2) is 36.5 Å². The van der Waals surface area contributed by atoms with Gasteiger partial charge in [0.1, 0.15) is 11.5 Å². The molecular weight excluding hydrogens is 317 g/mol. The van der Waals surface area contributed by atoms with E-state index in [4.69, 9.17) is 9.31 Å². The van der Waals surface area contributed by atoms with Gasteiger partial charge < -0.3 is 14.6 Å². The highest BCUT2D eigenvalue weighted by atomic mass is 16.7. The van der Waals surface area contributed by atoms with Gasteiger partial charge in [0, 0.05) is 17.4 Å². The summed E-state index contributed by atoms with van der Waals surface area (Å²) in [4.78, 5) is 20.8. The number of aryl methyl sites for hydroxylation is 1. The highest BCUT2D eigenvalue weighted by Crippen LogP contribution is 2.36. The molecule has 25 heavy (non-hydrogen) atoms. The third-order valence-corrected chi connectivity index (χ3v) is 4.67. The summed E-state index contributed by atoms with van der Waals surface area (Å²) in [5.74, 6) is 0.195. The highest BCUT2D eigenvalue weighted by molar-refractivity contribution is 6.62. The molecule has 2 aromatic rings. The standard InChI is InChI=1S/C18H22BN3O3/c1-12-7-6-8-15(21-12)22-16(23)14-10-9-13(11-20-14)19-24-17(2,3)18(4,5)25-19/h6-11H,1-5H3,(H,21,22,23). The molecule has 2 aromatic heterocycles. The van der Waals surface area contributed by atoms with Gasteiger partial charge in [-0.05, 0) is 52.8 Å². The fraction of sp³-hybridized carbons (Fsp3) is 0.389. The number of pyridine rings is 2. The van der Waals surface area contributed by atoms with E-state index in [0.717, 1.165) is 11.2 Å². The van der Waals surface area contributed by atoms with Gasteiger partial charge >= 0.3 is 7.12 Å². The number of aromatic nitrogens is 2. The van der Waals surface area contributed by atoms with Crippen molar-refractivity contribution in [2.24, 2.45) is 0 Å². The van der Waals surface area contributed by atoms with Crippen LogP contribution in [0.1, 0.15) is 43.9 Å². The van der Waals surface area contributed by atoms with E-state index in [0.29, 0.717) is 11.5 Å². The van der Waals surface area contributed by atoms with Crippen LogP contribution in [0.4, 0.5) is 5.82 Å². The molecule has 0 aromatic carbocycles. The van der Waals surface area contributed by atoms with Crippen LogP contribution >= 0.6 is 0 Å². The van der Waals surface area contributed by atoms with E-state index in [1.165, 1.54) is 0 Å². The number of carbonyl (C=O) groups excluding carboxylic acids is 1. The van der Waals surface area contributed by atoms with E-state index in [2.05, 4.69) is 15.3 Å². The molecule has 0 radical (unpaired) electrons. The molecule has 1 saturated heterocycles. The van der Waals surface area contributed by atoms with Crippen LogP contribution in [-0.4, -0.2) is 34.2 Å². The molecule has 1 fully saturated rings. The quantitative estimate of drug-likeness (QED) is 0.869. The lowest BCUT2D eigenvalue weighted by molar-refractivity contribution is 0.00578. The summed E-state index contributed by atoms with van der Waals surface area (Å²) in [7, 11) is -0.493. The summed E-state index contributed by atoms with van der Waals surface area (Å²) in [6.07, 6.45) is 1.61. The van der Waals surface area contributed by atoms with E-state index < -0.39 is 18.3 Å². The third kappa shape index (κ3) is 3.57. The van der Waals surface area contributed by atoms with E-state index in [1.54, 1.807) is 24.4 Å². The number of nitrogens with zero attached hydrogens (tertiary/aromatic N) is 2. The minimum absolute atomic E-state index is 0.307. The second-order valence-electron chi connectivity index (χ2n) is 7.18. The lowest BCUT2D eigenvalue weighted by atomic mass is 9.80. The van der Waals surface area contributed by atoms with Crippen molar-refractivity contribution in [1.82, 2.24) is 9.97 Å². The van der Waals surface area contributed by atoms with Gasteiger partial charge in [-0.2, -0.15) is 0 Å². The average Bonchev–Trinajstić information content (AvgIpc) is 2.75. The van der Waals surface area contributed by atoms with Crippen LogP contribution in [0.2, 0.25) is 0 Å². The van der Waals surface area contributed by atoms with Gasteiger partial charge in [0.15, 0.2) is 0 Å². The van der Waals surface area contributed by atoms with E-state index in [1.807, 2.05) is 46.8 Å². The minimum atomic E-state index is -0.493. The summed E-state index contributed by atoms with van der Waals surface area (Å²) in [6, 6.07) is 8.91. The van der Waals surface area contributed by atoms with Gasteiger partial charge in [-0.3, -0.25) is 9.78 Å². The Morgan fingerprint density at radius 1 is 1.08 bits per heavy atom. The van der Waals surface area contributed by atoms with Crippen LogP contribution in [0.25, 0.3) is 0 Å². The second kappa shape index (κ2) is 6.24. The minimum Gasteiger partial charge on any atom is -0.399 e. The molecule has 7 heteroatoms. The van der Waals surface area contributed by atoms with E-state index in [-0.39, 0.29) is 5.91 Å². The summed E-state index contributed by atoms with van der Waals surface area (Å²) in [5.41, 5.74) is 1.10. The maximum atomic E-state index is 12.3. The Morgan fingerprint density at radius 3 is 2.32 bits per heavy atom. The molecule has 1 aliphatic heterocycles. The predicted octanol–water partition coefficient (Wildman–Crippen LogP) is 2.34. The van der Waals surface area contributed by atoms with Crippen molar-refractivity contribution in [1.29, 1.82) is 0 Å². The van der Waals surface area contributed by atoms with Gasteiger partial charge in [0.2, 0.25) is 0 Å². The summed E-state index contributed by atoms with van der Waals surface area (Å²) >= 11 is 0. The molecular formula is C18H22BN3O3. The lowest BCUT2D eigenvalue weighted by Crippen LogP contribution is -2.41. The Bertz CT molecular complexity index is 774. The number of carbonyl (C=O) groups is 1. The van der Waals surface area contributed by atoms with Crippen LogP contribution in [0.5, 0.6) is 0 Å². The van der Waals surface area contributed by atoms with Crippen LogP contribution < -0.4 is 10.8 Å². The normalized spacial score (nSPS) is 18.2. The zero-order valence-corrected chi connectivity index (χ0v) is 15.2.